The van der Waals surface area contributed by atoms with Crippen LogP contribution in [0.25, 0.3) is 0 Å². The Labute approximate surface area is 121 Å². The molecule has 21 heavy (non-hydrogen) atoms. The molecule has 2 nitrogen and oxygen atoms in total. The third-order valence-corrected chi connectivity index (χ3v) is 4.18. The summed E-state index contributed by atoms with van der Waals surface area (Å²) in [4.78, 5) is 0. The topological polar surface area (TPSA) is 38.0 Å². The zero-order chi connectivity index (χ0) is 15.7. The van der Waals surface area contributed by atoms with E-state index < -0.39 is 23.1 Å². The second-order valence-electron chi connectivity index (χ2n) is 6.00. The Morgan fingerprint density at radius 3 is 2.62 bits per heavy atom. The smallest absolute Gasteiger partial charge is 0.376 e. The van der Waals surface area contributed by atoms with Crippen LogP contribution in [0.1, 0.15) is 38.2 Å². The van der Waals surface area contributed by atoms with Crippen LogP contribution in [0, 0.1) is 11.7 Å². The predicted molar refractivity (Wildman–Crippen MR) is 74.4 cm³/mol. The van der Waals surface area contributed by atoms with Gasteiger partial charge in [0, 0.05) is 12.1 Å². The van der Waals surface area contributed by atoms with E-state index in [9.17, 15) is 17.6 Å². The second-order valence-corrected chi connectivity index (χ2v) is 6.00. The standard InChI is InChI=1S/C15H20F4N2/c1-10-3-2-6-14(8-10,9-20)21-13-5-4-11(7-12(13)16)15(17,18)19/h4-5,7,10,21H,2-3,6,8-9,20H2,1H3. The van der Waals surface area contributed by atoms with Crippen LogP contribution in [0.5, 0.6) is 0 Å². The lowest BCUT2D eigenvalue weighted by molar-refractivity contribution is -0.137. The molecule has 1 aliphatic rings. The molecule has 0 spiro atoms. The predicted octanol–water partition coefficient (Wildman–Crippen LogP) is 4.16. The van der Waals surface area contributed by atoms with Crippen LogP contribution in [0.15, 0.2) is 18.2 Å². The zero-order valence-electron chi connectivity index (χ0n) is 11.9. The van der Waals surface area contributed by atoms with E-state index in [0.717, 1.165) is 37.8 Å². The third-order valence-electron chi connectivity index (χ3n) is 4.18. The molecule has 1 aliphatic carbocycles. The molecule has 0 bridgehead atoms. The molecule has 2 unspecified atom stereocenters. The number of halogens is 4. The Morgan fingerprint density at radius 1 is 1.38 bits per heavy atom. The number of hydrogen-bond acceptors (Lipinski definition) is 2. The van der Waals surface area contributed by atoms with Crippen molar-refractivity contribution < 1.29 is 17.6 Å². The van der Waals surface area contributed by atoms with Crippen molar-refractivity contribution in [2.24, 2.45) is 11.7 Å². The van der Waals surface area contributed by atoms with Gasteiger partial charge >= 0.3 is 6.18 Å². The summed E-state index contributed by atoms with van der Waals surface area (Å²) in [5, 5.41) is 3.05. The van der Waals surface area contributed by atoms with Gasteiger partial charge in [0.05, 0.1) is 11.3 Å². The van der Waals surface area contributed by atoms with E-state index in [-0.39, 0.29) is 5.69 Å². The Balaban J connectivity index is 2.22. The summed E-state index contributed by atoms with van der Waals surface area (Å²) >= 11 is 0. The van der Waals surface area contributed by atoms with E-state index in [4.69, 9.17) is 5.73 Å². The number of anilines is 1. The van der Waals surface area contributed by atoms with Gasteiger partial charge in [-0.3, -0.25) is 0 Å². The van der Waals surface area contributed by atoms with Crippen molar-refractivity contribution in [1.82, 2.24) is 0 Å². The molecule has 1 aromatic carbocycles. The summed E-state index contributed by atoms with van der Waals surface area (Å²) in [6.45, 7) is 2.44. The molecule has 0 radical (unpaired) electrons. The van der Waals surface area contributed by atoms with Gasteiger partial charge in [-0.25, -0.2) is 4.39 Å². The van der Waals surface area contributed by atoms with E-state index in [1.54, 1.807) is 0 Å². The van der Waals surface area contributed by atoms with Crippen LogP contribution in [-0.4, -0.2) is 12.1 Å². The fourth-order valence-corrected chi connectivity index (χ4v) is 3.09. The van der Waals surface area contributed by atoms with Gasteiger partial charge in [0.25, 0.3) is 0 Å². The average Bonchev–Trinajstić information content (AvgIpc) is 2.40. The molecule has 0 aromatic heterocycles. The summed E-state index contributed by atoms with van der Waals surface area (Å²) in [5.41, 5.74) is 4.50. The van der Waals surface area contributed by atoms with Crippen LogP contribution in [0.4, 0.5) is 23.2 Å². The molecule has 118 valence electrons. The van der Waals surface area contributed by atoms with Crippen LogP contribution in [0.3, 0.4) is 0 Å². The van der Waals surface area contributed by atoms with Gasteiger partial charge in [0.15, 0.2) is 0 Å². The first kappa shape index (κ1) is 16.1. The quantitative estimate of drug-likeness (QED) is 0.823. The lowest BCUT2D eigenvalue weighted by atomic mass is 9.76. The summed E-state index contributed by atoms with van der Waals surface area (Å²) in [6.07, 6.45) is -0.866. The third kappa shape index (κ3) is 3.67. The molecule has 0 saturated heterocycles. The van der Waals surface area contributed by atoms with Crippen LogP contribution < -0.4 is 11.1 Å². The lowest BCUT2D eigenvalue weighted by Gasteiger charge is -2.41. The van der Waals surface area contributed by atoms with Gasteiger partial charge in [-0.1, -0.05) is 19.8 Å². The number of nitrogens with two attached hydrogens (primary N) is 1. The maximum atomic E-state index is 13.9. The van der Waals surface area contributed by atoms with Gasteiger partial charge in [-0.15, -0.1) is 0 Å². The SMILES string of the molecule is CC1CCCC(CN)(Nc2ccc(C(F)(F)F)cc2F)C1. The van der Waals surface area contributed by atoms with Crippen molar-refractivity contribution in [2.75, 3.05) is 11.9 Å². The van der Waals surface area contributed by atoms with Crippen molar-refractivity contribution in [2.45, 2.75) is 44.3 Å². The Bertz CT molecular complexity index is 501. The van der Waals surface area contributed by atoms with Crippen molar-refractivity contribution in [3.05, 3.63) is 29.6 Å². The van der Waals surface area contributed by atoms with E-state index in [2.05, 4.69) is 12.2 Å². The normalized spacial score (nSPS) is 26.7. The first-order valence-corrected chi connectivity index (χ1v) is 7.11. The van der Waals surface area contributed by atoms with Gasteiger partial charge < -0.3 is 11.1 Å². The molecule has 1 fully saturated rings. The molecule has 3 N–H and O–H groups in total. The highest BCUT2D eigenvalue weighted by Crippen LogP contribution is 2.36. The van der Waals surface area contributed by atoms with Crippen molar-refractivity contribution in [3.63, 3.8) is 0 Å². The number of benzene rings is 1. The molecule has 2 atom stereocenters. The molecule has 2 rings (SSSR count). The summed E-state index contributed by atoms with van der Waals surface area (Å²) in [6, 6.07) is 2.57. The molecule has 1 aromatic rings. The van der Waals surface area contributed by atoms with Crippen molar-refractivity contribution >= 4 is 5.69 Å². The van der Waals surface area contributed by atoms with Crippen LogP contribution >= 0.6 is 0 Å². The first-order valence-electron chi connectivity index (χ1n) is 7.11. The minimum absolute atomic E-state index is 0.0857. The summed E-state index contributed by atoms with van der Waals surface area (Å²) in [5.74, 6) is -0.428. The van der Waals surface area contributed by atoms with E-state index in [0.29, 0.717) is 18.5 Å². The molecular weight excluding hydrogens is 284 g/mol. The van der Waals surface area contributed by atoms with Crippen molar-refractivity contribution in [3.8, 4) is 0 Å². The largest absolute Gasteiger partial charge is 0.416 e. The summed E-state index contributed by atoms with van der Waals surface area (Å²) < 4.78 is 51.6. The second kappa shape index (κ2) is 5.83. The van der Waals surface area contributed by atoms with E-state index in [1.807, 2.05) is 0 Å². The lowest BCUT2D eigenvalue weighted by Crippen LogP contribution is -2.48. The molecule has 0 heterocycles. The van der Waals surface area contributed by atoms with Gasteiger partial charge in [0.2, 0.25) is 0 Å². The average molecular weight is 304 g/mol. The van der Waals surface area contributed by atoms with Crippen LogP contribution in [0.2, 0.25) is 0 Å². The monoisotopic (exact) mass is 304 g/mol. The maximum Gasteiger partial charge on any atom is 0.416 e. The number of hydrogen-bond donors (Lipinski definition) is 2. The highest BCUT2D eigenvalue weighted by Gasteiger charge is 2.35. The zero-order valence-corrected chi connectivity index (χ0v) is 11.9. The summed E-state index contributed by atoms with van der Waals surface area (Å²) in [7, 11) is 0. The number of nitrogens with one attached hydrogen (secondary N) is 1. The Morgan fingerprint density at radius 2 is 2.10 bits per heavy atom. The Hall–Kier alpha value is -1.30. The van der Waals surface area contributed by atoms with Gasteiger partial charge in [0.1, 0.15) is 5.82 Å². The molecule has 0 aliphatic heterocycles. The fraction of sp³-hybridized carbons (Fsp3) is 0.600. The van der Waals surface area contributed by atoms with Crippen LogP contribution in [-0.2, 0) is 6.18 Å². The van der Waals surface area contributed by atoms with Crippen molar-refractivity contribution in [1.29, 1.82) is 0 Å². The molecule has 0 amide bonds. The number of rotatable bonds is 3. The Kier molecular flexibility index (Phi) is 4.46. The van der Waals surface area contributed by atoms with E-state index in [1.165, 1.54) is 0 Å². The van der Waals surface area contributed by atoms with E-state index >= 15 is 0 Å². The minimum atomic E-state index is -4.54. The van der Waals surface area contributed by atoms with Gasteiger partial charge in [-0.05, 0) is 37.0 Å². The highest BCUT2D eigenvalue weighted by molar-refractivity contribution is 5.49. The maximum absolute atomic E-state index is 13.9. The highest BCUT2D eigenvalue weighted by atomic mass is 19.4. The molecular formula is C15H20F4N2. The number of alkyl halides is 3. The molecule has 1 saturated carbocycles. The van der Waals surface area contributed by atoms with Gasteiger partial charge in [-0.2, -0.15) is 13.2 Å². The first-order chi connectivity index (χ1) is 9.76. The minimum Gasteiger partial charge on any atom is -0.376 e. The fourth-order valence-electron chi connectivity index (χ4n) is 3.09. The molecule has 6 heteroatoms.